The van der Waals surface area contributed by atoms with Crippen LogP contribution in [0, 0.1) is 5.92 Å². The summed E-state index contributed by atoms with van der Waals surface area (Å²) in [7, 11) is 0. The lowest BCUT2D eigenvalue weighted by atomic mass is 9.87. The first-order valence-electron chi connectivity index (χ1n) is 7.63. The van der Waals surface area contributed by atoms with Crippen LogP contribution in [0.25, 0.3) is 0 Å². The minimum Gasteiger partial charge on any atom is -0.353 e. The Labute approximate surface area is 161 Å². The lowest BCUT2D eigenvalue weighted by Gasteiger charge is -2.31. The SMILES string of the molecule is CC1=NC(=S)NC(c2ccccc2)C1C(=O)Nc1cccc(Cl)c1Cl. The lowest BCUT2D eigenvalue weighted by molar-refractivity contribution is -0.118. The van der Waals surface area contributed by atoms with Crippen molar-refractivity contribution in [1.29, 1.82) is 0 Å². The Morgan fingerprint density at radius 3 is 2.60 bits per heavy atom. The summed E-state index contributed by atoms with van der Waals surface area (Å²) in [5.41, 5.74) is 2.07. The van der Waals surface area contributed by atoms with Crippen LogP contribution < -0.4 is 10.6 Å². The highest BCUT2D eigenvalue weighted by molar-refractivity contribution is 7.80. The van der Waals surface area contributed by atoms with Gasteiger partial charge in [-0.2, -0.15) is 0 Å². The Morgan fingerprint density at radius 1 is 1.16 bits per heavy atom. The number of nitrogens with one attached hydrogen (secondary N) is 2. The molecule has 1 aliphatic heterocycles. The van der Waals surface area contributed by atoms with Gasteiger partial charge in [0.2, 0.25) is 5.91 Å². The van der Waals surface area contributed by atoms with E-state index >= 15 is 0 Å². The summed E-state index contributed by atoms with van der Waals surface area (Å²) < 4.78 is 0. The van der Waals surface area contributed by atoms with Crippen molar-refractivity contribution < 1.29 is 4.79 Å². The van der Waals surface area contributed by atoms with Gasteiger partial charge < -0.3 is 10.6 Å². The number of aliphatic imine (C=N–C) groups is 1. The Kier molecular flexibility index (Phi) is 5.37. The highest BCUT2D eigenvalue weighted by Crippen LogP contribution is 2.32. The van der Waals surface area contributed by atoms with E-state index in [0.717, 1.165) is 5.56 Å². The van der Waals surface area contributed by atoms with Crippen LogP contribution in [0.2, 0.25) is 10.0 Å². The molecular formula is C18H15Cl2N3OS. The van der Waals surface area contributed by atoms with Gasteiger partial charge in [-0.25, -0.2) is 4.99 Å². The second-order valence-electron chi connectivity index (χ2n) is 5.66. The van der Waals surface area contributed by atoms with Gasteiger partial charge in [0.15, 0.2) is 5.11 Å². The monoisotopic (exact) mass is 391 g/mol. The smallest absolute Gasteiger partial charge is 0.235 e. The molecule has 2 unspecified atom stereocenters. The number of hydrogen-bond acceptors (Lipinski definition) is 2. The fourth-order valence-electron chi connectivity index (χ4n) is 2.81. The highest BCUT2D eigenvalue weighted by atomic mass is 35.5. The summed E-state index contributed by atoms with van der Waals surface area (Å²) in [6.07, 6.45) is 0. The molecule has 0 bridgehead atoms. The molecule has 0 radical (unpaired) electrons. The fourth-order valence-corrected chi connectivity index (χ4v) is 3.43. The molecule has 0 saturated carbocycles. The van der Waals surface area contributed by atoms with Gasteiger partial charge >= 0.3 is 0 Å². The first-order chi connectivity index (χ1) is 12.0. The van der Waals surface area contributed by atoms with Crippen molar-refractivity contribution in [2.75, 3.05) is 5.32 Å². The van der Waals surface area contributed by atoms with Crippen molar-refractivity contribution in [2.24, 2.45) is 10.9 Å². The van der Waals surface area contributed by atoms with Crippen LogP contribution in [0.4, 0.5) is 5.69 Å². The molecule has 2 N–H and O–H groups in total. The van der Waals surface area contributed by atoms with Crippen molar-refractivity contribution >= 4 is 57.8 Å². The lowest BCUT2D eigenvalue weighted by Crippen LogP contribution is -2.45. The Morgan fingerprint density at radius 2 is 1.88 bits per heavy atom. The predicted octanol–water partition coefficient (Wildman–Crippen LogP) is 4.64. The van der Waals surface area contributed by atoms with Crippen LogP contribution in [0.5, 0.6) is 0 Å². The first-order valence-corrected chi connectivity index (χ1v) is 8.79. The summed E-state index contributed by atoms with van der Waals surface area (Å²) in [6, 6.07) is 14.5. The largest absolute Gasteiger partial charge is 0.353 e. The van der Waals surface area contributed by atoms with Crippen LogP contribution in [0.1, 0.15) is 18.5 Å². The van der Waals surface area contributed by atoms with E-state index in [-0.39, 0.29) is 11.9 Å². The third kappa shape index (κ3) is 3.84. The number of hydrogen-bond donors (Lipinski definition) is 2. The molecule has 4 nitrogen and oxygen atoms in total. The minimum atomic E-state index is -0.524. The normalized spacial score (nSPS) is 19.8. The van der Waals surface area contributed by atoms with Crippen molar-refractivity contribution in [2.45, 2.75) is 13.0 Å². The molecule has 2 aromatic rings. The van der Waals surface area contributed by atoms with E-state index in [2.05, 4.69) is 15.6 Å². The number of carbonyl (C=O) groups excluding carboxylic acids is 1. The molecule has 1 amide bonds. The molecule has 128 valence electrons. The van der Waals surface area contributed by atoms with Crippen molar-refractivity contribution in [1.82, 2.24) is 5.32 Å². The van der Waals surface area contributed by atoms with E-state index in [0.29, 0.717) is 26.6 Å². The van der Waals surface area contributed by atoms with E-state index in [1.807, 2.05) is 30.3 Å². The topological polar surface area (TPSA) is 53.5 Å². The average molecular weight is 392 g/mol. The number of rotatable bonds is 3. The maximum Gasteiger partial charge on any atom is 0.235 e. The summed E-state index contributed by atoms with van der Waals surface area (Å²) in [5.74, 6) is -0.751. The standard InChI is InChI=1S/C18H15Cl2N3OS/c1-10-14(17(24)22-13-9-5-8-12(19)15(13)20)16(23-18(25)21-10)11-6-3-2-4-7-11/h2-9,14,16H,1H3,(H,22,24)(H,23,25). The number of amides is 1. The summed E-state index contributed by atoms with van der Waals surface area (Å²) in [6.45, 7) is 1.80. The molecule has 0 spiro atoms. The maximum atomic E-state index is 13.0. The third-order valence-electron chi connectivity index (χ3n) is 3.99. The highest BCUT2D eigenvalue weighted by Gasteiger charge is 2.36. The number of thiocarbonyl (C=S) groups is 1. The molecule has 0 fully saturated rings. The van der Waals surface area contributed by atoms with Gasteiger partial charge in [0.1, 0.15) is 5.92 Å². The molecule has 0 aliphatic carbocycles. The minimum absolute atomic E-state index is 0.228. The van der Waals surface area contributed by atoms with E-state index < -0.39 is 5.92 Å². The molecule has 2 atom stereocenters. The zero-order chi connectivity index (χ0) is 18.0. The molecule has 0 saturated heterocycles. The van der Waals surface area contributed by atoms with Crippen molar-refractivity contribution in [3.63, 3.8) is 0 Å². The quantitative estimate of drug-likeness (QED) is 0.749. The van der Waals surface area contributed by atoms with Crippen LogP contribution in [0.3, 0.4) is 0 Å². The molecule has 7 heteroatoms. The molecule has 3 rings (SSSR count). The number of halogens is 2. The number of benzene rings is 2. The zero-order valence-corrected chi connectivity index (χ0v) is 15.6. The van der Waals surface area contributed by atoms with Gasteiger partial charge in [0.25, 0.3) is 0 Å². The number of nitrogens with zero attached hydrogens (tertiary/aromatic N) is 1. The number of carbonyl (C=O) groups is 1. The fraction of sp³-hybridized carbons (Fsp3) is 0.167. The van der Waals surface area contributed by atoms with E-state index in [4.69, 9.17) is 35.4 Å². The van der Waals surface area contributed by atoms with Crippen molar-refractivity contribution in [3.8, 4) is 0 Å². The molecule has 25 heavy (non-hydrogen) atoms. The van der Waals surface area contributed by atoms with Gasteiger partial charge in [-0.3, -0.25) is 4.79 Å². The molecule has 1 heterocycles. The summed E-state index contributed by atoms with van der Waals surface area (Å²) in [5, 5.41) is 7.04. The van der Waals surface area contributed by atoms with Gasteiger partial charge in [0.05, 0.1) is 21.8 Å². The summed E-state index contributed by atoms with van der Waals surface area (Å²) in [4.78, 5) is 17.2. The van der Waals surface area contributed by atoms with Gasteiger partial charge in [-0.05, 0) is 36.8 Å². The number of anilines is 1. The van der Waals surface area contributed by atoms with Crippen LogP contribution >= 0.6 is 35.4 Å². The second-order valence-corrected chi connectivity index (χ2v) is 6.83. The second kappa shape index (κ2) is 7.52. The average Bonchev–Trinajstić information content (AvgIpc) is 2.59. The molecule has 2 aromatic carbocycles. The van der Waals surface area contributed by atoms with Crippen LogP contribution in [-0.4, -0.2) is 16.7 Å². The van der Waals surface area contributed by atoms with Gasteiger partial charge in [0, 0.05) is 5.71 Å². The van der Waals surface area contributed by atoms with Crippen LogP contribution in [-0.2, 0) is 4.79 Å². The van der Waals surface area contributed by atoms with E-state index in [9.17, 15) is 4.79 Å². The van der Waals surface area contributed by atoms with E-state index in [1.54, 1.807) is 25.1 Å². The Balaban J connectivity index is 1.93. The molecule has 1 aliphatic rings. The first kappa shape index (κ1) is 17.9. The third-order valence-corrected chi connectivity index (χ3v) is 5.02. The maximum absolute atomic E-state index is 13.0. The summed E-state index contributed by atoms with van der Waals surface area (Å²) >= 11 is 17.4. The van der Waals surface area contributed by atoms with Crippen molar-refractivity contribution in [3.05, 3.63) is 64.1 Å². The Hall–Kier alpha value is -1.95. The zero-order valence-electron chi connectivity index (χ0n) is 13.3. The van der Waals surface area contributed by atoms with Gasteiger partial charge in [-0.15, -0.1) is 0 Å². The Bertz CT molecular complexity index is 855. The molecule has 0 aromatic heterocycles. The predicted molar refractivity (Wildman–Crippen MR) is 107 cm³/mol. The van der Waals surface area contributed by atoms with Crippen LogP contribution in [0.15, 0.2) is 53.5 Å². The molecular weight excluding hydrogens is 377 g/mol. The van der Waals surface area contributed by atoms with E-state index in [1.165, 1.54) is 0 Å². The van der Waals surface area contributed by atoms with Gasteiger partial charge in [-0.1, -0.05) is 59.6 Å².